The zero-order chi connectivity index (χ0) is 21.1. The van der Waals surface area contributed by atoms with Crippen LogP contribution in [-0.2, 0) is 32.5 Å². The van der Waals surface area contributed by atoms with Crippen LogP contribution in [0.3, 0.4) is 0 Å². The van der Waals surface area contributed by atoms with Crippen LogP contribution in [0.1, 0.15) is 11.3 Å². The number of hydrogen-bond donors (Lipinski definition) is 1. The monoisotopic (exact) mass is 451 g/mol. The molecule has 11 heteroatoms. The molecule has 2 aliphatic heterocycles. The molecule has 0 saturated carbocycles. The van der Waals surface area contributed by atoms with Gasteiger partial charge in [0.2, 0.25) is 21.9 Å². The number of carbonyl (C=O) groups is 1. The van der Waals surface area contributed by atoms with Gasteiger partial charge in [-0.25, -0.2) is 23.1 Å². The summed E-state index contributed by atoms with van der Waals surface area (Å²) in [6.45, 7) is 3.22. The first-order valence-corrected chi connectivity index (χ1v) is 11.5. The van der Waals surface area contributed by atoms with Gasteiger partial charge in [-0.2, -0.15) is 0 Å². The summed E-state index contributed by atoms with van der Waals surface area (Å²) in [4.78, 5) is 25.4. The van der Waals surface area contributed by atoms with Crippen molar-refractivity contribution in [2.24, 2.45) is 0 Å². The lowest BCUT2D eigenvalue weighted by Gasteiger charge is -2.30. The van der Waals surface area contributed by atoms with E-state index in [2.05, 4.69) is 19.6 Å². The van der Waals surface area contributed by atoms with E-state index in [9.17, 15) is 13.2 Å². The minimum absolute atomic E-state index is 0.0229. The zero-order valence-electron chi connectivity index (χ0n) is 16.3. The Balaban J connectivity index is 1.40. The van der Waals surface area contributed by atoms with E-state index in [0.717, 1.165) is 24.3 Å². The van der Waals surface area contributed by atoms with Gasteiger partial charge >= 0.3 is 0 Å². The normalized spacial score (nSPS) is 17.0. The van der Waals surface area contributed by atoms with E-state index >= 15 is 0 Å². The zero-order valence-corrected chi connectivity index (χ0v) is 17.8. The maximum Gasteiger partial charge on any atom is 0.241 e. The molecule has 0 atom stereocenters. The average molecular weight is 452 g/mol. The van der Waals surface area contributed by atoms with Gasteiger partial charge in [-0.1, -0.05) is 17.7 Å². The van der Waals surface area contributed by atoms with Gasteiger partial charge in [0.1, 0.15) is 0 Å². The number of amides is 1. The first kappa shape index (κ1) is 21.0. The smallest absolute Gasteiger partial charge is 0.241 e. The van der Waals surface area contributed by atoms with Gasteiger partial charge in [0.15, 0.2) is 0 Å². The first-order chi connectivity index (χ1) is 14.4. The fourth-order valence-electron chi connectivity index (χ4n) is 3.41. The molecule has 1 fully saturated rings. The van der Waals surface area contributed by atoms with Crippen molar-refractivity contribution < 1.29 is 17.9 Å². The van der Waals surface area contributed by atoms with Crippen molar-refractivity contribution in [1.29, 1.82) is 0 Å². The predicted octanol–water partition coefficient (Wildman–Crippen LogP) is 0.830. The van der Waals surface area contributed by atoms with Crippen molar-refractivity contribution in [2.75, 3.05) is 44.3 Å². The molecule has 1 saturated heterocycles. The van der Waals surface area contributed by atoms with E-state index < -0.39 is 10.0 Å². The number of nitrogens with zero attached hydrogens (tertiary/aromatic N) is 4. The second kappa shape index (κ2) is 8.84. The quantitative estimate of drug-likeness (QED) is 0.717. The van der Waals surface area contributed by atoms with Crippen LogP contribution in [0.4, 0.5) is 5.95 Å². The van der Waals surface area contributed by atoms with Gasteiger partial charge in [0, 0.05) is 30.9 Å². The minimum atomic E-state index is -3.82. The third-order valence-corrected chi connectivity index (χ3v) is 6.73. The maximum atomic E-state index is 12.6. The Bertz CT molecular complexity index is 1040. The molecular weight excluding hydrogens is 430 g/mol. The SMILES string of the molecule is O=C(CNS(=O)(=O)c1cccc(Cl)c1)N1CCc2cnc(N3CCOCC3)nc2C1. The van der Waals surface area contributed by atoms with Crippen molar-refractivity contribution in [3.63, 3.8) is 0 Å². The molecule has 1 aromatic carbocycles. The number of benzene rings is 1. The van der Waals surface area contributed by atoms with Crippen molar-refractivity contribution in [1.82, 2.24) is 19.6 Å². The summed E-state index contributed by atoms with van der Waals surface area (Å²) in [6, 6.07) is 5.91. The molecule has 0 aliphatic carbocycles. The van der Waals surface area contributed by atoms with Gasteiger partial charge in [-0.15, -0.1) is 0 Å². The van der Waals surface area contributed by atoms with Gasteiger partial charge in [0.25, 0.3) is 0 Å². The summed E-state index contributed by atoms with van der Waals surface area (Å²) in [5.74, 6) is 0.325. The number of aromatic nitrogens is 2. The molecule has 2 aliphatic rings. The van der Waals surface area contributed by atoms with E-state index in [-0.39, 0.29) is 17.3 Å². The van der Waals surface area contributed by atoms with E-state index in [1.165, 1.54) is 12.1 Å². The summed E-state index contributed by atoms with van der Waals surface area (Å²) in [6.07, 6.45) is 2.45. The largest absolute Gasteiger partial charge is 0.378 e. The molecule has 4 rings (SSSR count). The van der Waals surface area contributed by atoms with E-state index in [1.54, 1.807) is 17.0 Å². The van der Waals surface area contributed by atoms with Crippen LogP contribution in [0, 0.1) is 0 Å². The highest BCUT2D eigenvalue weighted by Gasteiger charge is 2.25. The first-order valence-electron chi connectivity index (χ1n) is 9.63. The van der Waals surface area contributed by atoms with Crippen LogP contribution in [0.5, 0.6) is 0 Å². The summed E-state index contributed by atoms with van der Waals surface area (Å²) >= 11 is 5.86. The van der Waals surface area contributed by atoms with Crippen molar-refractivity contribution >= 4 is 33.5 Å². The molecule has 2 aromatic rings. The molecule has 30 heavy (non-hydrogen) atoms. The minimum Gasteiger partial charge on any atom is -0.378 e. The summed E-state index contributed by atoms with van der Waals surface area (Å²) in [5.41, 5.74) is 1.80. The third kappa shape index (κ3) is 4.72. The van der Waals surface area contributed by atoms with Gasteiger partial charge in [-0.05, 0) is 30.2 Å². The molecule has 160 valence electrons. The number of sulfonamides is 1. The molecule has 0 unspecified atom stereocenters. The molecular formula is C19H22ClN5O4S. The van der Waals surface area contributed by atoms with Gasteiger partial charge < -0.3 is 14.5 Å². The summed E-state index contributed by atoms with van der Waals surface area (Å²) in [5, 5.41) is 0.313. The second-order valence-electron chi connectivity index (χ2n) is 7.09. The van der Waals surface area contributed by atoms with Crippen LogP contribution in [0.25, 0.3) is 0 Å². The third-order valence-electron chi connectivity index (χ3n) is 5.10. The lowest BCUT2D eigenvalue weighted by atomic mass is 10.1. The number of halogens is 1. The molecule has 1 amide bonds. The van der Waals surface area contributed by atoms with E-state index in [4.69, 9.17) is 16.3 Å². The van der Waals surface area contributed by atoms with Gasteiger partial charge in [0.05, 0.1) is 36.9 Å². The summed E-state index contributed by atoms with van der Waals surface area (Å²) in [7, 11) is -3.82. The topological polar surface area (TPSA) is 105 Å². The van der Waals surface area contributed by atoms with E-state index in [0.29, 0.717) is 43.7 Å². The number of nitrogens with one attached hydrogen (secondary N) is 1. The Morgan fingerprint density at radius 3 is 2.80 bits per heavy atom. The van der Waals surface area contributed by atoms with Gasteiger partial charge in [-0.3, -0.25) is 4.79 Å². The lowest BCUT2D eigenvalue weighted by Crippen LogP contribution is -2.43. The molecule has 1 aromatic heterocycles. The summed E-state index contributed by atoms with van der Waals surface area (Å²) < 4.78 is 32.5. The number of anilines is 1. The molecule has 0 radical (unpaired) electrons. The average Bonchev–Trinajstić information content (AvgIpc) is 2.77. The van der Waals surface area contributed by atoms with Crippen LogP contribution in [0.15, 0.2) is 35.4 Å². The Morgan fingerprint density at radius 2 is 2.03 bits per heavy atom. The van der Waals surface area contributed by atoms with Crippen LogP contribution >= 0.6 is 11.6 Å². The standard InChI is InChI=1S/C19H22ClN5O4S/c20-15-2-1-3-16(10-15)30(27,28)22-12-18(26)25-5-4-14-11-21-19(23-17(14)13-25)24-6-8-29-9-7-24/h1-3,10-11,22H,4-9,12-13H2. The Morgan fingerprint density at radius 1 is 1.23 bits per heavy atom. The Kier molecular flexibility index (Phi) is 6.19. The van der Waals surface area contributed by atoms with Crippen molar-refractivity contribution in [2.45, 2.75) is 17.9 Å². The van der Waals surface area contributed by atoms with Crippen LogP contribution in [0.2, 0.25) is 5.02 Å². The highest BCUT2D eigenvalue weighted by molar-refractivity contribution is 7.89. The maximum absolute atomic E-state index is 12.6. The number of fused-ring (bicyclic) bond motifs is 1. The predicted molar refractivity (Wildman–Crippen MR) is 111 cm³/mol. The molecule has 0 bridgehead atoms. The Labute approximate surface area is 180 Å². The van der Waals surface area contributed by atoms with Crippen molar-refractivity contribution in [3.05, 3.63) is 46.7 Å². The lowest BCUT2D eigenvalue weighted by molar-refractivity contribution is -0.130. The number of carbonyl (C=O) groups excluding carboxylic acids is 1. The highest BCUT2D eigenvalue weighted by Crippen LogP contribution is 2.20. The highest BCUT2D eigenvalue weighted by atomic mass is 35.5. The molecule has 3 heterocycles. The number of ether oxygens (including phenoxy) is 1. The van der Waals surface area contributed by atoms with Crippen LogP contribution < -0.4 is 9.62 Å². The number of morpholine rings is 1. The number of rotatable bonds is 5. The fraction of sp³-hybridized carbons (Fsp3) is 0.421. The fourth-order valence-corrected chi connectivity index (χ4v) is 4.68. The van der Waals surface area contributed by atoms with Crippen molar-refractivity contribution in [3.8, 4) is 0 Å². The Hall–Kier alpha value is -2.27. The molecule has 9 nitrogen and oxygen atoms in total. The van der Waals surface area contributed by atoms with Crippen LogP contribution in [-0.4, -0.2) is 68.6 Å². The second-order valence-corrected chi connectivity index (χ2v) is 9.29. The number of hydrogen-bond acceptors (Lipinski definition) is 7. The molecule has 1 N–H and O–H groups in total. The van der Waals surface area contributed by atoms with E-state index in [1.807, 2.05) is 6.20 Å². The molecule has 0 spiro atoms.